The van der Waals surface area contributed by atoms with E-state index in [0.717, 1.165) is 5.39 Å². The maximum Gasteiger partial charge on any atom is 0.410 e. The number of hydrogen-bond acceptors (Lipinski definition) is 5. The molecule has 8 nitrogen and oxygen atoms in total. The van der Waals surface area contributed by atoms with E-state index in [-0.39, 0.29) is 5.82 Å². The third-order valence-corrected chi connectivity index (χ3v) is 4.22. The van der Waals surface area contributed by atoms with Crippen LogP contribution in [0.4, 0.5) is 10.6 Å². The Bertz CT molecular complexity index is 1160. The molecule has 4 rings (SSSR count). The molecule has 0 atom stereocenters. The minimum absolute atomic E-state index is 0.249. The van der Waals surface area contributed by atoms with Gasteiger partial charge in [-0.3, -0.25) is 10.4 Å². The van der Waals surface area contributed by atoms with E-state index in [9.17, 15) is 9.90 Å². The molecular formula is C18H12ClN5O3. The number of aromatic nitrogens is 4. The minimum Gasteiger partial charge on any atom is -0.491 e. The Morgan fingerprint density at radius 1 is 1.07 bits per heavy atom. The number of amides is 1. The summed E-state index contributed by atoms with van der Waals surface area (Å²) < 4.78 is 0. The number of aromatic hydroxyl groups is 1. The topological polar surface area (TPSA) is 124 Å². The summed E-state index contributed by atoms with van der Waals surface area (Å²) in [5.74, 6) is -0.781. The van der Waals surface area contributed by atoms with Crippen molar-refractivity contribution in [3.05, 3.63) is 53.7 Å². The highest BCUT2D eigenvalue weighted by atomic mass is 35.5. The molecule has 0 radical (unpaired) electrons. The first kappa shape index (κ1) is 16.8. The van der Waals surface area contributed by atoms with Crippen molar-refractivity contribution >= 4 is 34.4 Å². The molecule has 2 heterocycles. The van der Waals surface area contributed by atoms with Crippen molar-refractivity contribution in [1.29, 1.82) is 0 Å². The van der Waals surface area contributed by atoms with Crippen LogP contribution in [0.3, 0.4) is 0 Å². The monoisotopic (exact) mass is 381 g/mol. The fraction of sp³-hybridized carbons (Fsp3) is 0. The Hall–Kier alpha value is -3.65. The molecule has 0 aliphatic heterocycles. The molecule has 4 aromatic rings. The Labute approximate surface area is 157 Å². The lowest BCUT2D eigenvalue weighted by Crippen LogP contribution is -2.10. The van der Waals surface area contributed by atoms with Gasteiger partial charge in [0.05, 0.1) is 22.4 Å². The van der Waals surface area contributed by atoms with Gasteiger partial charge in [0.15, 0.2) is 5.82 Å². The molecule has 1 amide bonds. The average Bonchev–Trinajstić information content (AvgIpc) is 3.13. The number of nitrogens with one attached hydrogen (secondary N) is 2. The summed E-state index contributed by atoms with van der Waals surface area (Å²) >= 11 is 6.32. The molecule has 0 bridgehead atoms. The number of carboxylic acid groups (broad SMARTS) is 1. The van der Waals surface area contributed by atoms with Crippen molar-refractivity contribution < 1.29 is 15.0 Å². The standard InChI is InChI=1S/C18H12ClN5O3/c19-12-7-10(6-11-8-20-24-13(11)12)15-14(9-4-2-1-3-5-9)21-16(17(25)22-15)23-18(26)27/h1-8H,(H,20,24)(H,21,23)(H,22,25)(H,26,27). The smallest absolute Gasteiger partial charge is 0.410 e. The Balaban J connectivity index is 1.97. The fourth-order valence-corrected chi connectivity index (χ4v) is 3.03. The molecule has 0 aliphatic carbocycles. The summed E-state index contributed by atoms with van der Waals surface area (Å²) in [6, 6.07) is 12.6. The van der Waals surface area contributed by atoms with Gasteiger partial charge in [-0.2, -0.15) is 5.10 Å². The van der Waals surface area contributed by atoms with E-state index >= 15 is 0 Å². The van der Waals surface area contributed by atoms with Gasteiger partial charge < -0.3 is 10.2 Å². The lowest BCUT2D eigenvalue weighted by molar-refractivity contribution is 0.209. The maximum absolute atomic E-state index is 11.0. The van der Waals surface area contributed by atoms with Crippen LogP contribution in [-0.4, -0.2) is 36.5 Å². The minimum atomic E-state index is -1.35. The molecule has 0 aliphatic rings. The number of carbonyl (C=O) groups is 1. The van der Waals surface area contributed by atoms with Gasteiger partial charge in [0, 0.05) is 16.5 Å². The van der Waals surface area contributed by atoms with Gasteiger partial charge in [0.1, 0.15) is 5.69 Å². The number of rotatable bonds is 3. The van der Waals surface area contributed by atoms with E-state index in [1.54, 1.807) is 12.3 Å². The van der Waals surface area contributed by atoms with E-state index in [2.05, 4.69) is 25.5 Å². The van der Waals surface area contributed by atoms with Gasteiger partial charge >= 0.3 is 6.09 Å². The molecule has 9 heteroatoms. The van der Waals surface area contributed by atoms with Crippen LogP contribution in [-0.2, 0) is 0 Å². The van der Waals surface area contributed by atoms with Crippen LogP contribution in [0, 0.1) is 0 Å². The lowest BCUT2D eigenvalue weighted by atomic mass is 10.0. The second kappa shape index (κ2) is 6.58. The van der Waals surface area contributed by atoms with E-state index in [4.69, 9.17) is 16.7 Å². The molecule has 0 saturated heterocycles. The summed E-state index contributed by atoms with van der Waals surface area (Å²) in [4.78, 5) is 19.4. The van der Waals surface area contributed by atoms with Gasteiger partial charge in [0.25, 0.3) is 5.88 Å². The predicted molar refractivity (Wildman–Crippen MR) is 101 cm³/mol. The van der Waals surface area contributed by atoms with Crippen LogP contribution in [0.15, 0.2) is 48.7 Å². The zero-order valence-electron chi connectivity index (χ0n) is 13.6. The highest BCUT2D eigenvalue weighted by Crippen LogP contribution is 2.36. The first-order valence-corrected chi connectivity index (χ1v) is 8.20. The molecule has 4 N–H and O–H groups in total. The van der Waals surface area contributed by atoms with Crippen LogP contribution in [0.1, 0.15) is 0 Å². The van der Waals surface area contributed by atoms with Gasteiger partial charge in [0.2, 0.25) is 0 Å². The Morgan fingerprint density at radius 2 is 1.81 bits per heavy atom. The number of anilines is 1. The second-order valence-electron chi connectivity index (χ2n) is 5.68. The highest BCUT2D eigenvalue weighted by Gasteiger charge is 2.19. The summed E-state index contributed by atoms with van der Waals surface area (Å²) in [6.45, 7) is 0. The molecule has 134 valence electrons. The number of halogens is 1. The van der Waals surface area contributed by atoms with Crippen molar-refractivity contribution in [3.63, 3.8) is 0 Å². The largest absolute Gasteiger partial charge is 0.491 e. The predicted octanol–water partition coefficient (Wildman–Crippen LogP) is 4.14. The number of fused-ring (bicyclic) bond motifs is 1. The molecular weight excluding hydrogens is 370 g/mol. The lowest BCUT2D eigenvalue weighted by Gasteiger charge is -2.12. The molecule has 0 spiro atoms. The Morgan fingerprint density at radius 3 is 2.56 bits per heavy atom. The van der Waals surface area contributed by atoms with Gasteiger partial charge in [-0.15, -0.1) is 0 Å². The van der Waals surface area contributed by atoms with Crippen LogP contribution in [0.25, 0.3) is 33.4 Å². The van der Waals surface area contributed by atoms with Crippen molar-refractivity contribution in [2.24, 2.45) is 0 Å². The van der Waals surface area contributed by atoms with E-state index in [1.807, 2.05) is 36.4 Å². The Kier molecular flexibility index (Phi) is 4.09. The van der Waals surface area contributed by atoms with Crippen LogP contribution >= 0.6 is 11.6 Å². The molecule has 0 fully saturated rings. The van der Waals surface area contributed by atoms with Crippen molar-refractivity contribution in [2.45, 2.75) is 0 Å². The van der Waals surface area contributed by atoms with Gasteiger partial charge in [-0.25, -0.2) is 14.8 Å². The molecule has 27 heavy (non-hydrogen) atoms. The van der Waals surface area contributed by atoms with E-state index in [0.29, 0.717) is 33.1 Å². The van der Waals surface area contributed by atoms with Gasteiger partial charge in [-0.05, 0) is 12.1 Å². The molecule has 2 aromatic heterocycles. The highest BCUT2D eigenvalue weighted by molar-refractivity contribution is 6.35. The number of aromatic amines is 1. The molecule has 0 unspecified atom stereocenters. The van der Waals surface area contributed by atoms with Gasteiger partial charge in [-0.1, -0.05) is 41.9 Å². The summed E-state index contributed by atoms with van der Waals surface area (Å²) in [5.41, 5.74) is 2.76. The second-order valence-corrected chi connectivity index (χ2v) is 6.09. The van der Waals surface area contributed by atoms with Crippen molar-refractivity contribution in [1.82, 2.24) is 20.2 Å². The normalized spacial score (nSPS) is 10.9. The number of benzene rings is 2. The quantitative estimate of drug-likeness (QED) is 0.423. The van der Waals surface area contributed by atoms with Crippen LogP contribution in [0.5, 0.6) is 5.88 Å². The van der Waals surface area contributed by atoms with E-state index < -0.39 is 12.0 Å². The first-order chi connectivity index (χ1) is 13.0. The number of H-pyrrole nitrogens is 1. The summed E-state index contributed by atoms with van der Waals surface area (Å²) in [6.07, 6.45) is 0.273. The maximum atomic E-state index is 11.0. The summed E-state index contributed by atoms with van der Waals surface area (Å²) in [5, 5.41) is 29.2. The van der Waals surface area contributed by atoms with Crippen molar-refractivity contribution in [3.8, 4) is 28.4 Å². The van der Waals surface area contributed by atoms with Crippen LogP contribution in [0.2, 0.25) is 5.02 Å². The van der Waals surface area contributed by atoms with Crippen molar-refractivity contribution in [2.75, 3.05) is 5.32 Å². The number of nitrogens with zero attached hydrogens (tertiary/aromatic N) is 3. The third-order valence-electron chi connectivity index (χ3n) is 3.92. The van der Waals surface area contributed by atoms with Crippen LogP contribution < -0.4 is 5.32 Å². The SMILES string of the molecule is O=C(O)Nc1nc(-c2ccccc2)c(-c2cc(Cl)c3[nH]ncc3c2)nc1O. The summed E-state index contributed by atoms with van der Waals surface area (Å²) in [7, 11) is 0. The first-order valence-electron chi connectivity index (χ1n) is 7.82. The number of hydrogen-bond donors (Lipinski definition) is 4. The average molecular weight is 382 g/mol. The zero-order valence-corrected chi connectivity index (χ0v) is 14.4. The molecule has 0 saturated carbocycles. The third kappa shape index (κ3) is 3.13. The molecule has 2 aromatic carbocycles. The van der Waals surface area contributed by atoms with E-state index in [1.165, 1.54) is 0 Å². The fourth-order valence-electron chi connectivity index (χ4n) is 2.76. The zero-order chi connectivity index (χ0) is 19.0.